The van der Waals surface area contributed by atoms with Crippen molar-refractivity contribution in [1.29, 1.82) is 0 Å². The van der Waals surface area contributed by atoms with Crippen LogP contribution >= 0.6 is 0 Å². The molecule has 8 nitrogen and oxygen atoms in total. The maximum absolute atomic E-state index is 12.7. The van der Waals surface area contributed by atoms with Crippen LogP contribution in [0.25, 0.3) is 0 Å². The van der Waals surface area contributed by atoms with Crippen LogP contribution in [0.15, 0.2) is 0 Å². The van der Waals surface area contributed by atoms with Crippen molar-refractivity contribution in [2.75, 3.05) is 39.6 Å². The molecular weight excluding hydrogens is 362 g/mol. The summed E-state index contributed by atoms with van der Waals surface area (Å²) in [5.41, 5.74) is 2.38. The van der Waals surface area contributed by atoms with Gasteiger partial charge in [-0.2, -0.15) is 5.10 Å². The summed E-state index contributed by atoms with van der Waals surface area (Å²) in [7, 11) is 0. The lowest BCUT2D eigenvalue weighted by atomic mass is 10.0. The van der Waals surface area contributed by atoms with Gasteiger partial charge in [0.2, 0.25) is 0 Å². The van der Waals surface area contributed by atoms with Crippen LogP contribution in [-0.4, -0.2) is 61.2 Å². The normalized spacial score (nSPS) is 19.4. The van der Waals surface area contributed by atoms with Crippen molar-refractivity contribution >= 4 is 11.9 Å². The van der Waals surface area contributed by atoms with E-state index in [0.717, 1.165) is 37.1 Å². The Balaban J connectivity index is 1.68. The molecule has 156 valence electrons. The third kappa shape index (κ3) is 5.32. The predicted octanol–water partition coefficient (Wildman–Crippen LogP) is 1.50. The van der Waals surface area contributed by atoms with Crippen molar-refractivity contribution in [3.05, 3.63) is 17.0 Å². The van der Waals surface area contributed by atoms with Gasteiger partial charge in [-0.15, -0.1) is 0 Å². The average molecular weight is 393 g/mol. The highest BCUT2D eigenvalue weighted by Gasteiger charge is 2.25. The van der Waals surface area contributed by atoms with Crippen molar-refractivity contribution in [3.8, 4) is 0 Å². The Bertz CT molecular complexity index is 667. The highest BCUT2D eigenvalue weighted by Crippen LogP contribution is 2.19. The second-order valence-corrected chi connectivity index (χ2v) is 7.22. The fraction of sp³-hybridized carbons (Fsp3) is 0.750. The summed E-state index contributed by atoms with van der Waals surface area (Å²) >= 11 is 0. The Morgan fingerprint density at radius 2 is 1.96 bits per heavy atom. The number of aryl methyl sites for hydroxylation is 1. The third-order valence-electron chi connectivity index (χ3n) is 5.25. The standard InChI is InChI=1S/C20H31N3O5/c1-2-16-18-17(5-3-10-26-11-4-8-21-19(18)24)23(22-16)9-14-28-20(25)15-6-12-27-13-7-15/h15H,2-14H2,1H3,(H,21,24). The van der Waals surface area contributed by atoms with Crippen LogP contribution in [0.2, 0.25) is 0 Å². The Kier molecular flexibility index (Phi) is 7.85. The first kappa shape index (κ1) is 20.8. The number of carbonyl (C=O) groups is 2. The van der Waals surface area contributed by atoms with Gasteiger partial charge in [0.25, 0.3) is 5.91 Å². The maximum Gasteiger partial charge on any atom is 0.309 e. The van der Waals surface area contributed by atoms with Gasteiger partial charge in [-0.3, -0.25) is 14.3 Å². The molecule has 3 heterocycles. The Morgan fingerprint density at radius 1 is 1.21 bits per heavy atom. The SMILES string of the molecule is CCc1nn(CCOC(=O)C2CCOCC2)c2c1C(=O)NCCCOCCC2. The minimum atomic E-state index is -0.162. The highest BCUT2D eigenvalue weighted by molar-refractivity contribution is 5.96. The van der Waals surface area contributed by atoms with Crippen LogP contribution in [-0.2, 0) is 38.4 Å². The summed E-state index contributed by atoms with van der Waals surface area (Å²) in [6, 6.07) is 0. The molecule has 1 aromatic heterocycles. The Hall–Kier alpha value is -1.93. The van der Waals surface area contributed by atoms with Crippen LogP contribution in [0.5, 0.6) is 0 Å². The monoisotopic (exact) mass is 393 g/mol. The zero-order valence-corrected chi connectivity index (χ0v) is 16.7. The van der Waals surface area contributed by atoms with Crippen molar-refractivity contribution in [2.24, 2.45) is 5.92 Å². The third-order valence-corrected chi connectivity index (χ3v) is 5.25. The number of rotatable bonds is 5. The zero-order valence-electron chi connectivity index (χ0n) is 16.7. The molecule has 0 radical (unpaired) electrons. The van der Waals surface area contributed by atoms with E-state index in [2.05, 4.69) is 10.4 Å². The molecule has 1 amide bonds. The number of esters is 1. The molecule has 2 aliphatic rings. The number of hydrogen-bond acceptors (Lipinski definition) is 6. The summed E-state index contributed by atoms with van der Waals surface area (Å²) < 4.78 is 18.2. The molecule has 0 saturated carbocycles. The molecule has 0 spiro atoms. The van der Waals surface area contributed by atoms with E-state index in [9.17, 15) is 9.59 Å². The number of amides is 1. The van der Waals surface area contributed by atoms with Gasteiger partial charge < -0.3 is 19.5 Å². The van der Waals surface area contributed by atoms with Gasteiger partial charge >= 0.3 is 5.97 Å². The quantitative estimate of drug-likeness (QED) is 0.763. The van der Waals surface area contributed by atoms with E-state index in [4.69, 9.17) is 14.2 Å². The molecule has 0 aromatic carbocycles. The molecule has 0 bridgehead atoms. The number of fused-ring (bicyclic) bond motifs is 1. The smallest absolute Gasteiger partial charge is 0.309 e. The summed E-state index contributed by atoms with van der Waals surface area (Å²) in [5.74, 6) is -0.304. The van der Waals surface area contributed by atoms with Gasteiger partial charge in [0.05, 0.1) is 29.4 Å². The Morgan fingerprint density at radius 3 is 2.75 bits per heavy atom. The molecule has 0 aliphatic carbocycles. The van der Waals surface area contributed by atoms with E-state index in [1.807, 2.05) is 11.6 Å². The van der Waals surface area contributed by atoms with Crippen LogP contribution in [0.4, 0.5) is 0 Å². The molecule has 0 atom stereocenters. The number of nitrogens with zero attached hydrogens (tertiary/aromatic N) is 2. The molecular formula is C20H31N3O5. The molecule has 0 unspecified atom stereocenters. The lowest BCUT2D eigenvalue weighted by molar-refractivity contribution is -0.152. The van der Waals surface area contributed by atoms with Crippen molar-refractivity contribution in [3.63, 3.8) is 0 Å². The van der Waals surface area contributed by atoms with Gasteiger partial charge in [-0.1, -0.05) is 6.92 Å². The van der Waals surface area contributed by atoms with Crippen LogP contribution in [0.1, 0.15) is 54.4 Å². The maximum atomic E-state index is 12.7. The molecule has 2 aliphatic heterocycles. The van der Waals surface area contributed by atoms with E-state index < -0.39 is 0 Å². The minimum Gasteiger partial charge on any atom is -0.463 e. The van der Waals surface area contributed by atoms with Crippen molar-refractivity contribution in [2.45, 2.75) is 52.0 Å². The van der Waals surface area contributed by atoms with E-state index in [1.165, 1.54) is 0 Å². The number of aromatic nitrogens is 2. The first-order valence-corrected chi connectivity index (χ1v) is 10.4. The molecule has 1 fully saturated rings. The first-order chi connectivity index (χ1) is 13.7. The van der Waals surface area contributed by atoms with Crippen LogP contribution < -0.4 is 5.32 Å². The molecule has 1 N–H and O–H groups in total. The second kappa shape index (κ2) is 10.6. The minimum absolute atomic E-state index is 0.0702. The van der Waals surface area contributed by atoms with Gasteiger partial charge in [0, 0.05) is 33.0 Å². The van der Waals surface area contributed by atoms with E-state index in [1.54, 1.807) is 0 Å². The average Bonchev–Trinajstić information content (AvgIpc) is 3.05. The van der Waals surface area contributed by atoms with Crippen molar-refractivity contribution < 1.29 is 23.8 Å². The van der Waals surface area contributed by atoms with Gasteiger partial charge in [0.1, 0.15) is 6.61 Å². The summed E-state index contributed by atoms with van der Waals surface area (Å²) in [6.45, 7) is 5.85. The summed E-state index contributed by atoms with van der Waals surface area (Å²) in [5, 5.41) is 7.61. The molecule has 8 heteroatoms. The number of carbonyl (C=O) groups excluding carboxylic acids is 2. The number of hydrogen-bond donors (Lipinski definition) is 1. The van der Waals surface area contributed by atoms with Gasteiger partial charge in [-0.05, 0) is 38.5 Å². The molecule has 3 rings (SSSR count). The van der Waals surface area contributed by atoms with Gasteiger partial charge in [0.15, 0.2) is 0 Å². The van der Waals surface area contributed by atoms with E-state index in [-0.39, 0.29) is 24.4 Å². The lowest BCUT2D eigenvalue weighted by Crippen LogP contribution is -2.27. The largest absolute Gasteiger partial charge is 0.463 e. The predicted molar refractivity (Wildman–Crippen MR) is 102 cm³/mol. The summed E-state index contributed by atoms with van der Waals surface area (Å²) in [4.78, 5) is 24.9. The Labute approximate surface area is 165 Å². The van der Waals surface area contributed by atoms with Crippen LogP contribution in [0, 0.1) is 5.92 Å². The second-order valence-electron chi connectivity index (χ2n) is 7.22. The van der Waals surface area contributed by atoms with Crippen LogP contribution in [0.3, 0.4) is 0 Å². The molecule has 1 aromatic rings. The number of nitrogens with one attached hydrogen (secondary N) is 1. The van der Waals surface area contributed by atoms with E-state index >= 15 is 0 Å². The van der Waals surface area contributed by atoms with Gasteiger partial charge in [-0.25, -0.2) is 0 Å². The lowest BCUT2D eigenvalue weighted by Gasteiger charge is -2.20. The summed E-state index contributed by atoms with van der Waals surface area (Å²) in [6.07, 6.45) is 4.47. The fourth-order valence-electron chi connectivity index (χ4n) is 3.69. The van der Waals surface area contributed by atoms with Crippen molar-refractivity contribution in [1.82, 2.24) is 15.1 Å². The first-order valence-electron chi connectivity index (χ1n) is 10.4. The topological polar surface area (TPSA) is 91.7 Å². The molecule has 28 heavy (non-hydrogen) atoms. The van der Waals surface area contributed by atoms with E-state index in [0.29, 0.717) is 57.9 Å². The zero-order chi connectivity index (χ0) is 19.8. The number of ether oxygens (including phenoxy) is 3. The fourth-order valence-corrected chi connectivity index (χ4v) is 3.69. The highest BCUT2D eigenvalue weighted by atomic mass is 16.5. The molecule has 1 saturated heterocycles.